The van der Waals surface area contributed by atoms with Crippen LogP contribution in [-0.2, 0) is 6.54 Å². The summed E-state index contributed by atoms with van der Waals surface area (Å²) < 4.78 is 5.24. The van der Waals surface area contributed by atoms with Crippen LogP contribution < -0.4 is 10.1 Å². The lowest BCUT2D eigenvalue weighted by molar-refractivity contribution is 0.0692. The molecule has 0 aliphatic rings. The number of carboxylic acids is 1. The lowest BCUT2D eigenvalue weighted by atomic mass is 10.1. The Morgan fingerprint density at radius 3 is 2.77 bits per heavy atom. The van der Waals surface area contributed by atoms with Crippen LogP contribution in [0.15, 0.2) is 42.7 Å². The highest BCUT2D eigenvalue weighted by Gasteiger charge is 2.15. The number of carbonyl (C=O) groups excluding carboxylic acids is 1. The summed E-state index contributed by atoms with van der Waals surface area (Å²) >= 11 is 0. The number of nitrogens with zero attached hydrogens (tertiary/aromatic N) is 1. The molecule has 0 spiro atoms. The highest BCUT2D eigenvalue weighted by Crippen LogP contribution is 2.20. The topological polar surface area (TPSA) is 88.5 Å². The molecule has 22 heavy (non-hydrogen) atoms. The van der Waals surface area contributed by atoms with Gasteiger partial charge in [0.1, 0.15) is 11.3 Å². The van der Waals surface area contributed by atoms with Crippen molar-refractivity contribution in [2.24, 2.45) is 0 Å². The first-order valence-electron chi connectivity index (χ1n) is 6.79. The Labute approximate surface area is 127 Å². The summed E-state index contributed by atoms with van der Waals surface area (Å²) in [4.78, 5) is 27.3. The minimum absolute atomic E-state index is 0.0316. The molecule has 0 saturated carbocycles. The van der Waals surface area contributed by atoms with Gasteiger partial charge in [-0.1, -0.05) is 6.07 Å². The van der Waals surface area contributed by atoms with Crippen molar-refractivity contribution in [1.29, 1.82) is 0 Å². The lowest BCUT2D eigenvalue weighted by Crippen LogP contribution is -2.23. The van der Waals surface area contributed by atoms with Gasteiger partial charge in [-0.05, 0) is 36.8 Å². The molecule has 6 nitrogen and oxygen atoms in total. The molecule has 1 aromatic heterocycles. The van der Waals surface area contributed by atoms with Gasteiger partial charge in [0.25, 0.3) is 5.91 Å². The third kappa shape index (κ3) is 3.82. The summed E-state index contributed by atoms with van der Waals surface area (Å²) in [6, 6.07) is 7.96. The van der Waals surface area contributed by atoms with E-state index in [1.54, 1.807) is 25.4 Å². The molecule has 0 bridgehead atoms. The van der Waals surface area contributed by atoms with E-state index in [0.717, 1.165) is 5.56 Å². The molecule has 114 valence electrons. The average molecular weight is 300 g/mol. The maximum absolute atomic E-state index is 12.1. The van der Waals surface area contributed by atoms with Gasteiger partial charge in [-0.25, -0.2) is 4.79 Å². The van der Waals surface area contributed by atoms with Crippen LogP contribution in [0.25, 0.3) is 0 Å². The van der Waals surface area contributed by atoms with Crippen LogP contribution in [0.1, 0.15) is 33.2 Å². The minimum Gasteiger partial charge on any atom is -0.493 e. The molecule has 0 saturated heterocycles. The van der Waals surface area contributed by atoms with E-state index in [-0.39, 0.29) is 22.8 Å². The second-order valence-corrected chi connectivity index (χ2v) is 4.49. The second kappa shape index (κ2) is 7.21. The molecule has 0 unspecified atom stereocenters. The van der Waals surface area contributed by atoms with Crippen molar-refractivity contribution < 1.29 is 19.4 Å². The van der Waals surface area contributed by atoms with Crippen LogP contribution in [0.2, 0.25) is 0 Å². The van der Waals surface area contributed by atoms with Crippen molar-refractivity contribution in [2.75, 3.05) is 6.61 Å². The smallest absolute Gasteiger partial charge is 0.339 e. The highest BCUT2D eigenvalue weighted by molar-refractivity contribution is 5.98. The molecule has 1 amide bonds. The van der Waals surface area contributed by atoms with Crippen LogP contribution in [0.5, 0.6) is 5.75 Å². The number of hydrogen-bond acceptors (Lipinski definition) is 4. The van der Waals surface area contributed by atoms with Gasteiger partial charge in [0, 0.05) is 24.5 Å². The number of rotatable bonds is 6. The van der Waals surface area contributed by atoms with E-state index >= 15 is 0 Å². The molecule has 0 radical (unpaired) electrons. The number of aromatic nitrogens is 1. The van der Waals surface area contributed by atoms with Crippen molar-refractivity contribution in [3.05, 3.63) is 59.4 Å². The predicted octanol–water partition coefficient (Wildman–Crippen LogP) is 2.11. The Kier molecular flexibility index (Phi) is 5.08. The highest BCUT2D eigenvalue weighted by atomic mass is 16.5. The fourth-order valence-electron chi connectivity index (χ4n) is 1.91. The molecule has 2 aromatic rings. The number of aromatic carboxylic acids is 1. The number of ether oxygens (including phenoxy) is 1. The summed E-state index contributed by atoms with van der Waals surface area (Å²) in [6.45, 7) is 2.44. The zero-order valence-electron chi connectivity index (χ0n) is 12.1. The lowest BCUT2D eigenvalue weighted by Gasteiger charge is -2.10. The van der Waals surface area contributed by atoms with Crippen molar-refractivity contribution >= 4 is 11.9 Å². The third-order valence-corrected chi connectivity index (χ3v) is 2.95. The fourth-order valence-corrected chi connectivity index (χ4v) is 1.91. The van der Waals surface area contributed by atoms with Gasteiger partial charge in [0.2, 0.25) is 0 Å². The Bertz CT molecular complexity index is 671. The fraction of sp³-hybridized carbons (Fsp3) is 0.188. The number of pyridine rings is 1. The van der Waals surface area contributed by atoms with Crippen LogP contribution in [0.4, 0.5) is 0 Å². The molecule has 6 heteroatoms. The number of carboxylic acid groups (broad SMARTS) is 1. The van der Waals surface area contributed by atoms with Gasteiger partial charge >= 0.3 is 5.97 Å². The van der Waals surface area contributed by atoms with Crippen molar-refractivity contribution in [3.8, 4) is 5.75 Å². The first kappa shape index (κ1) is 15.5. The molecule has 0 aliphatic heterocycles. The van der Waals surface area contributed by atoms with Gasteiger partial charge in [-0.3, -0.25) is 9.78 Å². The molecule has 1 aromatic carbocycles. The van der Waals surface area contributed by atoms with E-state index < -0.39 is 5.97 Å². The first-order chi connectivity index (χ1) is 10.6. The number of carbonyl (C=O) groups is 2. The number of hydrogen-bond donors (Lipinski definition) is 2. The van der Waals surface area contributed by atoms with E-state index in [4.69, 9.17) is 4.74 Å². The zero-order chi connectivity index (χ0) is 15.9. The van der Waals surface area contributed by atoms with Gasteiger partial charge < -0.3 is 15.2 Å². The normalized spacial score (nSPS) is 10.0. The maximum atomic E-state index is 12.1. The number of benzene rings is 1. The largest absolute Gasteiger partial charge is 0.493 e. The monoisotopic (exact) mass is 300 g/mol. The van der Waals surface area contributed by atoms with Gasteiger partial charge in [0.15, 0.2) is 0 Å². The maximum Gasteiger partial charge on any atom is 0.339 e. The Morgan fingerprint density at radius 2 is 2.14 bits per heavy atom. The Hall–Kier alpha value is -2.89. The quantitative estimate of drug-likeness (QED) is 0.853. The van der Waals surface area contributed by atoms with Gasteiger partial charge in [-0.2, -0.15) is 0 Å². The van der Waals surface area contributed by atoms with Crippen molar-refractivity contribution in [1.82, 2.24) is 10.3 Å². The molecule has 1 heterocycles. The summed E-state index contributed by atoms with van der Waals surface area (Å²) in [5.74, 6) is -1.24. The van der Waals surface area contributed by atoms with Gasteiger partial charge in [-0.15, -0.1) is 0 Å². The van der Waals surface area contributed by atoms with Crippen LogP contribution in [-0.4, -0.2) is 28.6 Å². The van der Waals surface area contributed by atoms with Crippen LogP contribution >= 0.6 is 0 Å². The van der Waals surface area contributed by atoms with Crippen LogP contribution in [0, 0.1) is 0 Å². The van der Waals surface area contributed by atoms with E-state index in [2.05, 4.69) is 10.3 Å². The molecule has 0 fully saturated rings. The van der Waals surface area contributed by atoms with Gasteiger partial charge in [0.05, 0.1) is 6.61 Å². The average Bonchev–Trinajstić information content (AvgIpc) is 2.54. The number of amides is 1. The molecular weight excluding hydrogens is 284 g/mol. The Morgan fingerprint density at radius 1 is 1.32 bits per heavy atom. The summed E-state index contributed by atoms with van der Waals surface area (Å²) in [6.07, 6.45) is 3.30. The van der Waals surface area contributed by atoms with E-state index in [0.29, 0.717) is 13.2 Å². The molecule has 2 N–H and O–H groups in total. The zero-order valence-corrected chi connectivity index (χ0v) is 12.1. The standard InChI is InChI=1S/C16H16N2O4/c1-2-22-14-6-5-12(8-13(14)16(20)21)15(19)18-10-11-4-3-7-17-9-11/h3-9H,2,10H2,1H3,(H,18,19)(H,20,21). The molecule has 0 aliphatic carbocycles. The molecular formula is C16H16N2O4. The van der Waals surface area contributed by atoms with Crippen molar-refractivity contribution in [2.45, 2.75) is 13.5 Å². The first-order valence-corrected chi connectivity index (χ1v) is 6.79. The second-order valence-electron chi connectivity index (χ2n) is 4.49. The van der Waals surface area contributed by atoms with E-state index in [1.165, 1.54) is 18.2 Å². The Balaban J connectivity index is 2.12. The third-order valence-electron chi connectivity index (χ3n) is 2.95. The SMILES string of the molecule is CCOc1ccc(C(=O)NCc2cccnc2)cc1C(=O)O. The minimum atomic E-state index is -1.13. The summed E-state index contributed by atoms with van der Waals surface area (Å²) in [5.41, 5.74) is 1.10. The predicted molar refractivity (Wildman–Crippen MR) is 80.0 cm³/mol. The van der Waals surface area contributed by atoms with Crippen LogP contribution in [0.3, 0.4) is 0 Å². The summed E-state index contributed by atoms with van der Waals surface area (Å²) in [7, 11) is 0. The van der Waals surface area contributed by atoms with E-state index in [1.807, 2.05) is 6.07 Å². The number of nitrogens with one attached hydrogen (secondary N) is 1. The van der Waals surface area contributed by atoms with Crippen molar-refractivity contribution in [3.63, 3.8) is 0 Å². The molecule has 0 atom stereocenters. The van der Waals surface area contributed by atoms with E-state index in [9.17, 15) is 14.7 Å². The molecule has 2 rings (SSSR count). The summed E-state index contributed by atoms with van der Waals surface area (Å²) in [5, 5.41) is 11.9.